The molecule has 2 saturated heterocycles. The van der Waals surface area contributed by atoms with Gasteiger partial charge in [0.2, 0.25) is 11.8 Å². The van der Waals surface area contributed by atoms with E-state index < -0.39 is 0 Å². The molecule has 2 fully saturated rings. The van der Waals surface area contributed by atoms with Crippen molar-refractivity contribution in [1.29, 1.82) is 0 Å². The zero-order chi connectivity index (χ0) is 17.1. The smallest absolute Gasteiger partial charge is 0.236 e. The maximum absolute atomic E-state index is 12.7. The molecule has 0 radical (unpaired) electrons. The molecule has 7 heteroatoms. The number of hydrogen-bond acceptors (Lipinski definition) is 4. The van der Waals surface area contributed by atoms with E-state index in [4.69, 9.17) is 0 Å². The van der Waals surface area contributed by atoms with Crippen LogP contribution in [0.2, 0.25) is 0 Å². The van der Waals surface area contributed by atoms with Crippen LogP contribution >= 0.6 is 0 Å². The van der Waals surface area contributed by atoms with E-state index in [0.29, 0.717) is 19.1 Å². The minimum atomic E-state index is -0.0227. The average Bonchev–Trinajstić information content (AvgIpc) is 3.15. The minimum Gasteiger partial charge on any atom is -0.352 e. The maximum atomic E-state index is 12.7. The van der Waals surface area contributed by atoms with E-state index in [1.54, 1.807) is 0 Å². The predicted molar refractivity (Wildman–Crippen MR) is 90.2 cm³/mol. The van der Waals surface area contributed by atoms with Gasteiger partial charge in [0.25, 0.3) is 0 Å². The van der Waals surface area contributed by atoms with E-state index in [2.05, 4.69) is 15.3 Å². The molecule has 0 saturated carbocycles. The molecular weight excluding hydrogens is 306 g/mol. The Hall–Kier alpha value is -1.89. The molecule has 2 aliphatic rings. The molecule has 132 valence electrons. The molecule has 0 aliphatic carbocycles. The van der Waals surface area contributed by atoms with Gasteiger partial charge in [-0.15, -0.1) is 0 Å². The summed E-state index contributed by atoms with van der Waals surface area (Å²) in [6, 6.07) is 0.381. The molecule has 1 N–H and O–H groups in total. The van der Waals surface area contributed by atoms with Crippen LogP contribution in [0, 0.1) is 0 Å². The molecule has 0 spiro atoms. The van der Waals surface area contributed by atoms with Gasteiger partial charge in [0.05, 0.1) is 12.7 Å². The lowest BCUT2D eigenvalue weighted by atomic mass is 10.1. The van der Waals surface area contributed by atoms with Gasteiger partial charge in [0, 0.05) is 50.9 Å². The third kappa shape index (κ3) is 3.95. The number of likely N-dealkylation sites (tertiary alicyclic amines) is 2. The van der Waals surface area contributed by atoms with Gasteiger partial charge in [0.15, 0.2) is 0 Å². The van der Waals surface area contributed by atoms with Gasteiger partial charge in [-0.05, 0) is 32.2 Å². The van der Waals surface area contributed by atoms with Crippen LogP contribution in [-0.2, 0) is 16.6 Å². The summed E-state index contributed by atoms with van der Waals surface area (Å²) in [5, 5.41) is 7.20. The number of rotatable bonds is 4. The van der Waals surface area contributed by atoms with Crippen molar-refractivity contribution in [2.24, 2.45) is 7.05 Å². The summed E-state index contributed by atoms with van der Waals surface area (Å²) in [5.74, 6) is 0.145. The maximum Gasteiger partial charge on any atom is 0.236 e. The molecule has 3 heterocycles. The summed E-state index contributed by atoms with van der Waals surface area (Å²) in [4.78, 5) is 28.1. The summed E-state index contributed by atoms with van der Waals surface area (Å²) in [6.07, 6.45) is 8.03. The van der Waals surface area contributed by atoms with Gasteiger partial charge in [0.1, 0.15) is 0 Å². The van der Waals surface area contributed by atoms with Gasteiger partial charge in [-0.1, -0.05) is 0 Å². The van der Waals surface area contributed by atoms with Crippen molar-refractivity contribution in [3.05, 3.63) is 18.0 Å². The molecule has 7 nitrogen and oxygen atoms in total. The van der Waals surface area contributed by atoms with Crippen LogP contribution in [0.5, 0.6) is 0 Å². The average molecular weight is 333 g/mol. The molecule has 3 rings (SSSR count). The number of hydrogen-bond donors (Lipinski definition) is 1. The fourth-order valence-electron chi connectivity index (χ4n) is 3.89. The number of aryl methyl sites for hydroxylation is 1. The molecule has 1 aromatic rings. The molecule has 24 heavy (non-hydrogen) atoms. The Morgan fingerprint density at radius 3 is 2.79 bits per heavy atom. The third-order valence-corrected chi connectivity index (χ3v) is 4.99. The molecule has 2 aliphatic heterocycles. The van der Waals surface area contributed by atoms with Gasteiger partial charge in [-0.3, -0.25) is 19.2 Å². The number of nitrogens with zero attached hydrogens (tertiary/aromatic N) is 4. The van der Waals surface area contributed by atoms with E-state index in [-0.39, 0.29) is 17.9 Å². The second-order valence-electron chi connectivity index (χ2n) is 6.96. The molecule has 1 aromatic heterocycles. The van der Waals surface area contributed by atoms with Gasteiger partial charge >= 0.3 is 0 Å². The van der Waals surface area contributed by atoms with Gasteiger partial charge in [-0.2, -0.15) is 5.10 Å². The molecule has 0 aromatic carbocycles. The highest BCUT2D eigenvalue weighted by Crippen LogP contribution is 2.31. The third-order valence-electron chi connectivity index (χ3n) is 4.99. The SMILES string of the molecule is CC(=O)NC1CCCN(C(=O)CN2CCCC2c2cnn(C)c2)C1. The second-order valence-corrected chi connectivity index (χ2v) is 6.96. The van der Waals surface area contributed by atoms with E-state index >= 15 is 0 Å². The van der Waals surface area contributed by atoms with Crippen LogP contribution in [0.25, 0.3) is 0 Å². The van der Waals surface area contributed by atoms with E-state index in [1.807, 2.05) is 29.0 Å². The number of carbonyl (C=O) groups excluding carboxylic acids is 2. The first-order valence-electron chi connectivity index (χ1n) is 8.80. The summed E-state index contributed by atoms with van der Waals surface area (Å²) >= 11 is 0. The highest BCUT2D eigenvalue weighted by atomic mass is 16.2. The minimum absolute atomic E-state index is 0.0227. The fraction of sp³-hybridized carbons (Fsp3) is 0.706. The van der Waals surface area contributed by atoms with Crippen LogP contribution in [-0.4, -0.2) is 63.6 Å². The van der Waals surface area contributed by atoms with Crippen LogP contribution in [0.3, 0.4) is 0 Å². The number of amides is 2. The molecule has 2 amide bonds. The van der Waals surface area contributed by atoms with Crippen molar-refractivity contribution < 1.29 is 9.59 Å². The molecule has 0 bridgehead atoms. The Labute approximate surface area is 143 Å². The van der Waals surface area contributed by atoms with Crippen LogP contribution in [0.15, 0.2) is 12.4 Å². The van der Waals surface area contributed by atoms with Crippen molar-refractivity contribution in [2.45, 2.75) is 44.7 Å². The fourth-order valence-corrected chi connectivity index (χ4v) is 3.89. The quantitative estimate of drug-likeness (QED) is 0.880. The first kappa shape index (κ1) is 17.0. The van der Waals surface area contributed by atoms with E-state index in [1.165, 1.54) is 12.5 Å². The van der Waals surface area contributed by atoms with Crippen LogP contribution < -0.4 is 5.32 Å². The van der Waals surface area contributed by atoms with Crippen molar-refractivity contribution in [3.63, 3.8) is 0 Å². The highest BCUT2D eigenvalue weighted by Gasteiger charge is 2.31. The first-order valence-corrected chi connectivity index (χ1v) is 8.80. The Morgan fingerprint density at radius 1 is 1.29 bits per heavy atom. The van der Waals surface area contributed by atoms with Gasteiger partial charge < -0.3 is 10.2 Å². The highest BCUT2D eigenvalue weighted by molar-refractivity contribution is 5.79. The standard InChI is InChI=1S/C17H27N5O2/c1-13(23)19-15-5-3-8-22(11-15)17(24)12-21-7-4-6-16(21)14-9-18-20(2)10-14/h9-10,15-16H,3-8,11-12H2,1-2H3,(H,19,23). The largest absolute Gasteiger partial charge is 0.352 e. The zero-order valence-corrected chi connectivity index (χ0v) is 14.6. The topological polar surface area (TPSA) is 70.5 Å². The Bertz CT molecular complexity index is 600. The Kier molecular flexibility index (Phi) is 5.18. The summed E-state index contributed by atoms with van der Waals surface area (Å²) < 4.78 is 1.82. The van der Waals surface area contributed by atoms with Gasteiger partial charge in [-0.25, -0.2) is 0 Å². The lowest BCUT2D eigenvalue weighted by Crippen LogP contribution is -2.51. The molecule has 2 unspecified atom stereocenters. The summed E-state index contributed by atoms with van der Waals surface area (Å²) in [6.45, 7) is 4.36. The zero-order valence-electron chi connectivity index (χ0n) is 14.6. The lowest BCUT2D eigenvalue weighted by molar-refractivity contribution is -0.134. The Balaban J connectivity index is 1.58. The van der Waals surface area contributed by atoms with E-state index in [0.717, 1.165) is 38.8 Å². The predicted octanol–water partition coefficient (Wildman–Crippen LogP) is 0.684. The van der Waals surface area contributed by atoms with E-state index in [9.17, 15) is 9.59 Å². The van der Waals surface area contributed by atoms with Crippen LogP contribution in [0.1, 0.15) is 44.2 Å². The number of piperidine rings is 1. The summed E-state index contributed by atoms with van der Waals surface area (Å²) in [5.41, 5.74) is 1.19. The van der Waals surface area contributed by atoms with Crippen molar-refractivity contribution >= 4 is 11.8 Å². The van der Waals surface area contributed by atoms with Crippen molar-refractivity contribution in [2.75, 3.05) is 26.2 Å². The molecular formula is C17H27N5O2. The van der Waals surface area contributed by atoms with Crippen LogP contribution in [0.4, 0.5) is 0 Å². The van der Waals surface area contributed by atoms with Crippen molar-refractivity contribution in [1.82, 2.24) is 24.9 Å². The Morgan fingerprint density at radius 2 is 2.08 bits per heavy atom. The lowest BCUT2D eigenvalue weighted by Gasteiger charge is -2.34. The number of aromatic nitrogens is 2. The number of carbonyl (C=O) groups is 2. The normalized spacial score (nSPS) is 25.0. The first-order chi connectivity index (χ1) is 11.5. The summed E-state index contributed by atoms with van der Waals surface area (Å²) in [7, 11) is 1.92. The second kappa shape index (κ2) is 7.34. The van der Waals surface area contributed by atoms with Crippen molar-refractivity contribution in [3.8, 4) is 0 Å². The number of nitrogens with one attached hydrogen (secondary N) is 1. The monoisotopic (exact) mass is 333 g/mol. The molecule has 2 atom stereocenters.